The van der Waals surface area contributed by atoms with Crippen LogP contribution in [0.2, 0.25) is 5.02 Å². The fourth-order valence-corrected chi connectivity index (χ4v) is 3.13. The summed E-state index contributed by atoms with van der Waals surface area (Å²) in [6, 6.07) is 9.59. The van der Waals surface area contributed by atoms with Gasteiger partial charge in [0.1, 0.15) is 5.69 Å². The van der Waals surface area contributed by atoms with Crippen LogP contribution >= 0.6 is 22.9 Å². The highest BCUT2D eigenvalue weighted by Gasteiger charge is 2.16. The molecular weight excluding hydrogens is 316 g/mol. The van der Waals surface area contributed by atoms with E-state index in [9.17, 15) is 0 Å². The van der Waals surface area contributed by atoms with Crippen LogP contribution in [0.3, 0.4) is 0 Å². The largest absolute Gasteiger partial charge is 0.289 e. The summed E-state index contributed by atoms with van der Waals surface area (Å²) in [6.07, 6.45) is 3.57. The summed E-state index contributed by atoms with van der Waals surface area (Å²) < 4.78 is 2.06. The Kier molecular flexibility index (Phi) is 3.17. The zero-order valence-electron chi connectivity index (χ0n) is 11.7. The Morgan fingerprint density at radius 3 is 2.64 bits per heavy atom. The molecule has 0 saturated heterocycles. The van der Waals surface area contributed by atoms with Crippen molar-refractivity contribution >= 4 is 34.0 Å². The molecule has 0 atom stereocenters. The first kappa shape index (κ1) is 13.4. The smallest absolute Gasteiger partial charge is 0.165 e. The number of aromatic nitrogens is 4. The molecule has 22 heavy (non-hydrogen) atoms. The van der Waals surface area contributed by atoms with Gasteiger partial charge in [-0.2, -0.15) is 0 Å². The monoisotopic (exact) mass is 326 g/mol. The number of imidazole rings is 1. The van der Waals surface area contributed by atoms with Gasteiger partial charge in [-0.1, -0.05) is 11.6 Å². The van der Waals surface area contributed by atoms with Gasteiger partial charge in [-0.3, -0.25) is 9.55 Å². The first-order chi connectivity index (χ1) is 10.7. The zero-order valence-corrected chi connectivity index (χ0v) is 13.3. The van der Waals surface area contributed by atoms with Crippen LogP contribution < -0.4 is 0 Å². The topological polar surface area (TPSA) is 43.6 Å². The third-order valence-electron chi connectivity index (χ3n) is 3.39. The van der Waals surface area contributed by atoms with E-state index in [1.807, 2.05) is 48.8 Å². The summed E-state index contributed by atoms with van der Waals surface area (Å²) in [5, 5.41) is 3.75. The van der Waals surface area contributed by atoms with Crippen LogP contribution in [-0.4, -0.2) is 19.5 Å². The van der Waals surface area contributed by atoms with E-state index in [1.165, 1.54) is 0 Å². The minimum absolute atomic E-state index is 0.706. The molecule has 0 radical (unpaired) electrons. The maximum atomic E-state index is 6.00. The molecule has 0 aliphatic heterocycles. The van der Waals surface area contributed by atoms with Crippen LogP contribution in [0.1, 0.15) is 5.01 Å². The van der Waals surface area contributed by atoms with Crippen LogP contribution in [0, 0.1) is 6.92 Å². The van der Waals surface area contributed by atoms with Crippen LogP contribution in [0.25, 0.3) is 28.2 Å². The number of rotatable bonds is 2. The second-order valence-corrected chi connectivity index (χ2v) is 6.36. The van der Waals surface area contributed by atoms with Gasteiger partial charge < -0.3 is 0 Å². The van der Waals surface area contributed by atoms with Crippen LogP contribution in [0.15, 0.2) is 48.1 Å². The number of halogens is 1. The van der Waals surface area contributed by atoms with Crippen molar-refractivity contribution in [3.63, 3.8) is 0 Å². The van der Waals surface area contributed by atoms with E-state index in [-0.39, 0.29) is 0 Å². The lowest BCUT2D eigenvalue weighted by atomic mass is 10.3. The number of fused-ring (bicyclic) bond motifs is 1. The lowest BCUT2D eigenvalue weighted by molar-refractivity contribution is 1.08. The van der Waals surface area contributed by atoms with Crippen LogP contribution in [-0.2, 0) is 0 Å². The number of benzene rings is 1. The molecule has 3 heterocycles. The van der Waals surface area contributed by atoms with Gasteiger partial charge in [0.2, 0.25) is 0 Å². The van der Waals surface area contributed by atoms with Gasteiger partial charge in [-0.25, -0.2) is 9.97 Å². The SMILES string of the molecule is Cc1nc(-c2nc3ccncc3n2-c2ccc(Cl)cc2)cs1. The van der Waals surface area contributed by atoms with Crippen molar-refractivity contribution in [3.8, 4) is 17.2 Å². The summed E-state index contributed by atoms with van der Waals surface area (Å²) in [5.74, 6) is 0.815. The van der Waals surface area contributed by atoms with Gasteiger partial charge in [0.25, 0.3) is 0 Å². The number of nitrogens with zero attached hydrogens (tertiary/aromatic N) is 4. The van der Waals surface area contributed by atoms with E-state index < -0.39 is 0 Å². The van der Waals surface area contributed by atoms with Crippen molar-refractivity contribution in [1.82, 2.24) is 19.5 Å². The molecule has 0 saturated carbocycles. The molecule has 1 aromatic carbocycles. The van der Waals surface area contributed by atoms with Crippen LogP contribution in [0.4, 0.5) is 0 Å². The summed E-state index contributed by atoms with van der Waals surface area (Å²) in [6.45, 7) is 1.99. The van der Waals surface area contributed by atoms with Gasteiger partial charge >= 0.3 is 0 Å². The predicted octanol–water partition coefficient (Wildman–Crippen LogP) is 4.51. The molecular formula is C16H11ClN4S. The average Bonchev–Trinajstić information content (AvgIpc) is 3.11. The highest BCUT2D eigenvalue weighted by atomic mass is 35.5. The first-order valence-electron chi connectivity index (χ1n) is 6.73. The number of pyridine rings is 1. The van der Waals surface area contributed by atoms with E-state index in [2.05, 4.69) is 14.5 Å². The lowest BCUT2D eigenvalue weighted by Gasteiger charge is -2.07. The Morgan fingerprint density at radius 1 is 1.09 bits per heavy atom. The lowest BCUT2D eigenvalue weighted by Crippen LogP contribution is -1.97. The molecule has 0 aliphatic carbocycles. The van der Waals surface area contributed by atoms with Gasteiger partial charge in [0, 0.05) is 22.3 Å². The minimum atomic E-state index is 0.706. The molecule has 108 valence electrons. The molecule has 4 aromatic rings. The van der Waals surface area contributed by atoms with E-state index in [4.69, 9.17) is 16.6 Å². The summed E-state index contributed by atoms with van der Waals surface area (Å²) in [5.41, 5.74) is 3.70. The number of thiazole rings is 1. The normalized spacial score (nSPS) is 11.2. The molecule has 4 rings (SSSR count). The molecule has 0 N–H and O–H groups in total. The highest BCUT2D eigenvalue weighted by Crippen LogP contribution is 2.29. The molecule has 3 aromatic heterocycles. The van der Waals surface area contributed by atoms with E-state index in [0.717, 1.165) is 33.2 Å². The van der Waals surface area contributed by atoms with Gasteiger partial charge in [0.05, 0.1) is 22.2 Å². The maximum absolute atomic E-state index is 6.00. The van der Waals surface area contributed by atoms with E-state index >= 15 is 0 Å². The molecule has 4 nitrogen and oxygen atoms in total. The molecule has 0 bridgehead atoms. The molecule has 0 aliphatic rings. The third kappa shape index (κ3) is 2.19. The Morgan fingerprint density at radius 2 is 1.91 bits per heavy atom. The zero-order chi connectivity index (χ0) is 15.1. The van der Waals surface area contributed by atoms with Crippen molar-refractivity contribution in [2.45, 2.75) is 6.92 Å². The van der Waals surface area contributed by atoms with E-state index in [1.54, 1.807) is 17.5 Å². The minimum Gasteiger partial charge on any atom is -0.289 e. The van der Waals surface area contributed by atoms with Gasteiger partial charge in [-0.15, -0.1) is 11.3 Å². The fraction of sp³-hybridized carbons (Fsp3) is 0.0625. The average molecular weight is 327 g/mol. The summed E-state index contributed by atoms with van der Waals surface area (Å²) in [4.78, 5) is 13.5. The molecule has 0 fully saturated rings. The maximum Gasteiger partial charge on any atom is 0.165 e. The van der Waals surface area contributed by atoms with Crippen molar-refractivity contribution in [2.75, 3.05) is 0 Å². The van der Waals surface area contributed by atoms with Crippen molar-refractivity contribution in [2.24, 2.45) is 0 Å². The Balaban J connectivity index is 2.03. The van der Waals surface area contributed by atoms with Crippen molar-refractivity contribution < 1.29 is 0 Å². The van der Waals surface area contributed by atoms with Gasteiger partial charge in [-0.05, 0) is 37.3 Å². The molecule has 0 unspecified atom stereocenters. The second-order valence-electron chi connectivity index (χ2n) is 4.86. The van der Waals surface area contributed by atoms with Gasteiger partial charge in [0.15, 0.2) is 5.82 Å². The van der Waals surface area contributed by atoms with E-state index in [0.29, 0.717) is 5.02 Å². The third-order valence-corrected chi connectivity index (χ3v) is 4.42. The summed E-state index contributed by atoms with van der Waals surface area (Å²) >= 11 is 7.62. The Bertz CT molecular complexity index is 956. The quantitative estimate of drug-likeness (QED) is 0.544. The number of hydrogen-bond donors (Lipinski definition) is 0. The molecule has 0 spiro atoms. The predicted molar refractivity (Wildman–Crippen MR) is 89.7 cm³/mol. The van der Waals surface area contributed by atoms with Crippen molar-refractivity contribution in [1.29, 1.82) is 0 Å². The summed E-state index contributed by atoms with van der Waals surface area (Å²) in [7, 11) is 0. The molecule has 6 heteroatoms. The standard InChI is InChI=1S/C16H11ClN4S/c1-10-19-14(9-22-10)16-20-13-6-7-18-8-15(13)21(16)12-4-2-11(17)3-5-12/h2-9H,1H3. The highest BCUT2D eigenvalue weighted by molar-refractivity contribution is 7.09. The Hall–Kier alpha value is -2.24. The Labute approximate surface area is 136 Å². The van der Waals surface area contributed by atoms with Crippen molar-refractivity contribution in [3.05, 3.63) is 58.1 Å². The van der Waals surface area contributed by atoms with Crippen LogP contribution in [0.5, 0.6) is 0 Å². The number of hydrogen-bond acceptors (Lipinski definition) is 4. The second kappa shape index (κ2) is 5.19. The first-order valence-corrected chi connectivity index (χ1v) is 7.99. The fourth-order valence-electron chi connectivity index (χ4n) is 2.41. The number of aryl methyl sites for hydroxylation is 1. The molecule has 0 amide bonds.